The zero-order chi connectivity index (χ0) is 13.8. The molecule has 0 spiro atoms. The van der Waals surface area contributed by atoms with E-state index in [-0.39, 0.29) is 5.54 Å². The molecule has 0 saturated carbocycles. The second-order valence-corrected chi connectivity index (χ2v) is 6.95. The number of nitrogens with one attached hydrogen (secondary N) is 1. The van der Waals surface area contributed by atoms with Crippen molar-refractivity contribution in [1.82, 2.24) is 10.3 Å². The van der Waals surface area contributed by atoms with Crippen molar-refractivity contribution < 1.29 is 0 Å². The molecular formula is C15H28N2S. The van der Waals surface area contributed by atoms with Crippen LogP contribution in [0.5, 0.6) is 0 Å². The minimum absolute atomic E-state index is 0.0297. The van der Waals surface area contributed by atoms with Gasteiger partial charge in [0.1, 0.15) is 5.01 Å². The fraction of sp³-hybridized carbons (Fsp3) is 0.800. The summed E-state index contributed by atoms with van der Waals surface area (Å²) < 4.78 is 0. The van der Waals surface area contributed by atoms with E-state index in [1.165, 1.54) is 10.7 Å². The van der Waals surface area contributed by atoms with Crippen LogP contribution in [-0.2, 0) is 5.54 Å². The van der Waals surface area contributed by atoms with Gasteiger partial charge in [-0.15, -0.1) is 11.3 Å². The van der Waals surface area contributed by atoms with Gasteiger partial charge in [-0.05, 0) is 38.1 Å². The highest BCUT2D eigenvalue weighted by atomic mass is 32.1. The van der Waals surface area contributed by atoms with Crippen LogP contribution in [0, 0.1) is 5.92 Å². The molecule has 0 saturated heterocycles. The average molecular weight is 268 g/mol. The van der Waals surface area contributed by atoms with E-state index in [1.807, 2.05) is 0 Å². The molecule has 1 atom stereocenters. The van der Waals surface area contributed by atoms with Crippen LogP contribution in [0.4, 0.5) is 0 Å². The van der Waals surface area contributed by atoms with Gasteiger partial charge >= 0.3 is 0 Å². The molecule has 1 unspecified atom stereocenters. The highest BCUT2D eigenvalue weighted by Gasteiger charge is 2.30. The minimum Gasteiger partial charge on any atom is -0.306 e. The third kappa shape index (κ3) is 4.06. The molecule has 104 valence electrons. The molecule has 1 aromatic heterocycles. The molecule has 0 aromatic carbocycles. The van der Waals surface area contributed by atoms with Crippen LogP contribution < -0.4 is 5.32 Å². The number of nitrogens with zero attached hydrogens (tertiary/aromatic N) is 1. The Bertz CT molecular complexity index is 357. The maximum atomic E-state index is 4.84. The molecule has 0 aliphatic heterocycles. The van der Waals surface area contributed by atoms with Gasteiger partial charge < -0.3 is 5.32 Å². The van der Waals surface area contributed by atoms with Gasteiger partial charge in [-0.1, -0.05) is 34.6 Å². The van der Waals surface area contributed by atoms with Crippen molar-refractivity contribution in [3.8, 4) is 0 Å². The summed E-state index contributed by atoms with van der Waals surface area (Å²) in [5.74, 6) is 1.19. The quantitative estimate of drug-likeness (QED) is 0.786. The highest BCUT2D eigenvalue weighted by Crippen LogP contribution is 2.32. The lowest BCUT2D eigenvalue weighted by molar-refractivity contribution is 0.297. The molecular weight excluding hydrogens is 240 g/mol. The molecule has 0 radical (unpaired) electrons. The summed E-state index contributed by atoms with van der Waals surface area (Å²) in [6.45, 7) is 14.5. The number of aromatic nitrogens is 1. The zero-order valence-electron chi connectivity index (χ0n) is 12.7. The molecule has 18 heavy (non-hydrogen) atoms. The van der Waals surface area contributed by atoms with E-state index in [4.69, 9.17) is 4.98 Å². The summed E-state index contributed by atoms with van der Waals surface area (Å²) in [4.78, 5) is 4.84. The smallest absolute Gasteiger partial charge is 0.113 e. The fourth-order valence-corrected chi connectivity index (χ4v) is 3.39. The van der Waals surface area contributed by atoms with E-state index < -0.39 is 0 Å². The maximum Gasteiger partial charge on any atom is 0.113 e. The van der Waals surface area contributed by atoms with Crippen LogP contribution in [0.15, 0.2) is 5.38 Å². The van der Waals surface area contributed by atoms with Crippen molar-refractivity contribution in [2.45, 2.75) is 65.8 Å². The number of thiazole rings is 1. The zero-order valence-corrected chi connectivity index (χ0v) is 13.5. The third-order valence-electron chi connectivity index (χ3n) is 3.17. The largest absolute Gasteiger partial charge is 0.306 e. The van der Waals surface area contributed by atoms with Crippen LogP contribution >= 0.6 is 11.3 Å². The number of hydrogen-bond donors (Lipinski definition) is 1. The molecule has 0 aliphatic carbocycles. The predicted octanol–water partition coefficient (Wildman–Crippen LogP) is 4.53. The Kier molecular flexibility index (Phi) is 5.80. The second-order valence-electron chi connectivity index (χ2n) is 6.09. The Hall–Kier alpha value is -0.410. The summed E-state index contributed by atoms with van der Waals surface area (Å²) in [5.41, 5.74) is 1.26. The van der Waals surface area contributed by atoms with Gasteiger partial charge in [-0.2, -0.15) is 0 Å². The van der Waals surface area contributed by atoms with Gasteiger partial charge in [-0.25, -0.2) is 4.98 Å². The van der Waals surface area contributed by atoms with Gasteiger partial charge in [0.25, 0.3) is 0 Å². The molecule has 3 heteroatoms. The first kappa shape index (κ1) is 15.6. The molecule has 1 heterocycles. The summed E-state index contributed by atoms with van der Waals surface area (Å²) in [6, 6.07) is 0. The van der Waals surface area contributed by atoms with Crippen molar-refractivity contribution in [2.24, 2.45) is 5.92 Å². The average Bonchev–Trinajstić information content (AvgIpc) is 2.75. The lowest BCUT2D eigenvalue weighted by Gasteiger charge is -2.30. The molecule has 0 bridgehead atoms. The number of rotatable bonds is 7. The molecule has 0 aliphatic rings. The standard InChI is InChI=1S/C15H28N2S/c1-7-8-16-15(6,9-11(2)3)14-17-13(10-18-14)12(4)5/h10-12,16H,7-9H2,1-6H3. The fourth-order valence-electron chi connectivity index (χ4n) is 2.26. The van der Waals surface area contributed by atoms with Crippen molar-refractivity contribution in [1.29, 1.82) is 0 Å². The van der Waals surface area contributed by atoms with E-state index >= 15 is 0 Å². The van der Waals surface area contributed by atoms with Gasteiger partial charge in [0.2, 0.25) is 0 Å². The van der Waals surface area contributed by atoms with E-state index in [0.29, 0.717) is 11.8 Å². The van der Waals surface area contributed by atoms with Gasteiger partial charge in [0.05, 0.1) is 11.2 Å². The lowest BCUT2D eigenvalue weighted by Crippen LogP contribution is -2.41. The highest BCUT2D eigenvalue weighted by molar-refractivity contribution is 7.09. The Morgan fingerprint density at radius 2 is 2.00 bits per heavy atom. The first-order chi connectivity index (χ1) is 8.39. The van der Waals surface area contributed by atoms with Gasteiger partial charge in [0.15, 0.2) is 0 Å². The molecule has 1 N–H and O–H groups in total. The van der Waals surface area contributed by atoms with Crippen molar-refractivity contribution >= 4 is 11.3 Å². The van der Waals surface area contributed by atoms with Gasteiger partial charge in [-0.3, -0.25) is 0 Å². The topological polar surface area (TPSA) is 24.9 Å². The van der Waals surface area contributed by atoms with Crippen LogP contribution in [0.25, 0.3) is 0 Å². The summed E-state index contributed by atoms with van der Waals surface area (Å²) in [6.07, 6.45) is 2.30. The molecule has 2 nitrogen and oxygen atoms in total. The van der Waals surface area contributed by atoms with Crippen molar-refractivity contribution in [3.63, 3.8) is 0 Å². The molecule has 1 rings (SSSR count). The van der Waals surface area contributed by atoms with Crippen LogP contribution in [0.1, 0.15) is 71.0 Å². The maximum absolute atomic E-state index is 4.84. The van der Waals surface area contributed by atoms with Crippen LogP contribution in [0.2, 0.25) is 0 Å². The summed E-state index contributed by atoms with van der Waals surface area (Å²) in [7, 11) is 0. The molecule has 0 amide bonds. The van der Waals surface area contributed by atoms with Crippen LogP contribution in [0.3, 0.4) is 0 Å². The predicted molar refractivity (Wildman–Crippen MR) is 81.3 cm³/mol. The monoisotopic (exact) mass is 268 g/mol. The Labute approximate surface area is 116 Å². The van der Waals surface area contributed by atoms with E-state index in [2.05, 4.69) is 52.2 Å². The second kappa shape index (κ2) is 6.67. The van der Waals surface area contributed by atoms with Crippen LogP contribution in [-0.4, -0.2) is 11.5 Å². The van der Waals surface area contributed by atoms with E-state index in [1.54, 1.807) is 11.3 Å². The Morgan fingerprint density at radius 1 is 1.33 bits per heavy atom. The van der Waals surface area contributed by atoms with E-state index in [9.17, 15) is 0 Å². The molecule has 0 fully saturated rings. The lowest BCUT2D eigenvalue weighted by atomic mass is 9.91. The normalized spacial score (nSPS) is 15.3. The Balaban J connectivity index is 2.92. The van der Waals surface area contributed by atoms with Crippen molar-refractivity contribution in [3.05, 3.63) is 16.1 Å². The Morgan fingerprint density at radius 3 is 2.44 bits per heavy atom. The first-order valence-corrected chi connectivity index (χ1v) is 7.98. The molecule has 1 aromatic rings. The van der Waals surface area contributed by atoms with Gasteiger partial charge in [0, 0.05) is 5.38 Å². The SMILES string of the molecule is CCCNC(C)(CC(C)C)c1nc(C(C)C)cs1. The summed E-state index contributed by atoms with van der Waals surface area (Å²) in [5, 5.41) is 7.15. The first-order valence-electron chi connectivity index (χ1n) is 7.10. The third-order valence-corrected chi connectivity index (χ3v) is 4.29. The van der Waals surface area contributed by atoms with Crippen molar-refractivity contribution in [2.75, 3.05) is 6.54 Å². The summed E-state index contributed by atoms with van der Waals surface area (Å²) >= 11 is 1.80. The van der Waals surface area contributed by atoms with E-state index in [0.717, 1.165) is 19.4 Å². The minimum atomic E-state index is 0.0297. The number of hydrogen-bond acceptors (Lipinski definition) is 3.